The number of nitrogen functional groups attached to an aromatic ring is 1. The number of carbonyl (C=O) groups is 1. The van der Waals surface area contributed by atoms with E-state index >= 15 is 0 Å². The summed E-state index contributed by atoms with van der Waals surface area (Å²) in [6.45, 7) is 8.42. The van der Waals surface area contributed by atoms with Crippen molar-refractivity contribution in [1.82, 2.24) is 19.4 Å². The maximum atomic E-state index is 14.3. The number of alkyl halides is 3. The average molecular weight is 489 g/mol. The molecule has 3 aromatic rings. The molecule has 1 aliphatic heterocycles. The summed E-state index contributed by atoms with van der Waals surface area (Å²) < 4.78 is 43.6. The van der Waals surface area contributed by atoms with Crippen molar-refractivity contribution >= 4 is 28.3 Å². The fourth-order valence-corrected chi connectivity index (χ4v) is 4.49. The predicted octanol–water partition coefficient (Wildman–Crippen LogP) is 3.30. The number of nitrogens with two attached hydrogens (primary N) is 1. The first kappa shape index (κ1) is 24.5. The predicted molar refractivity (Wildman–Crippen MR) is 128 cm³/mol. The summed E-state index contributed by atoms with van der Waals surface area (Å²) in [5, 5.41) is 0.0175. The number of halogens is 3. The maximum Gasteiger partial charge on any atom is 0.431 e. The summed E-state index contributed by atoms with van der Waals surface area (Å²) in [7, 11) is 0. The van der Waals surface area contributed by atoms with Gasteiger partial charge in [-0.25, -0.2) is 9.97 Å². The molecule has 2 N–H and O–H groups in total. The smallest absolute Gasteiger partial charge is 0.398 e. The van der Waals surface area contributed by atoms with Crippen LogP contribution in [0.1, 0.15) is 30.7 Å². The van der Waals surface area contributed by atoms with Crippen LogP contribution < -0.4 is 16.2 Å². The van der Waals surface area contributed by atoms with Crippen molar-refractivity contribution in [3.8, 4) is 5.69 Å². The quantitative estimate of drug-likeness (QED) is 0.569. The van der Waals surface area contributed by atoms with Crippen molar-refractivity contribution in [2.24, 2.45) is 5.92 Å². The summed E-state index contributed by atoms with van der Waals surface area (Å²) in [5.74, 6) is 0.114. The number of rotatable bonds is 3. The third-order valence-electron chi connectivity index (χ3n) is 6.36. The summed E-state index contributed by atoms with van der Waals surface area (Å²) in [6, 6.07) is 4.11. The van der Waals surface area contributed by atoms with Crippen LogP contribution >= 0.6 is 0 Å². The van der Waals surface area contributed by atoms with Crippen LogP contribution in [0.25, 0.3) is 16.6 Å². The Kier molecular flexibility index (Phi) is 6.20. The number of hydrogen-bond acceptors (Lipinski definition) is 6. The monoisotopic (exact) mass is 488 g/mol. The SMILES string of the molecule is Cc1ccc(N)c(C)c1-n1c(C(F)(F)F)cc2c(N3CCN(C(=O)C(C)C)CC3)ncnc2c1=O. The second-order valence-corrected chi connectivity index (χ2v) is 9.04. The molecule has 0 radical (unpaired) electrons. The lowest BCUT2D eigenvalue weighted by atomic mass is 10.1. The summed E-state index contributed by atoms with van der Waals surface area (Å²) in [5.41, 5.74) is 5.03. The summed E-state index contributed by atoms with van der Waals surface area (Å²) in [4.78, 5) is 37.6. The van der Waals surface area contributed by atoms with E-state index in [0.717, 1.165) is 6.07 Å². The van der Waals surface area contributed by atoms with Crippen LogP contribution in [0.4, 0.5) is 24.7 Å². The molecule has 0 spiro atoms. The molecule has 0 aliphatic carbocycles. The van der Waals surface area contributed by atoms with Gasteiger partial charge in [-0.05, 0) is 37.1 Å². The third kappa shape index (κ3) is 4.30. The van der Waals surface area contributed by atoms with Crippen LogP contribution in [-0.2, 0) is 11.0 Å². The number of carbonyl (C=O) groups excluding carboxylic acids is 1. The van der Waals surface area contributed by atoms with Crippen LogP contribution in [0.5, 0.6) is 0 Å². The third-order valence-corrected chi connectivity index (χ3v) is 6.36. The number of pyridine rings is 1. The van der Waals surface area contributed by atoms with E-state index in [-0.39, 0.29) is 39.9 Å². The second kappa shape index (κ2) is 8.86. The normalized spacial score (nSPS) is 14.7. The fourth-order valence-electron chi connectivity index (χ4n) is 4.49. The zero-order valence-corrected chi connectivity index (χ0v) is 20.0. The highest BCUT2D eigenvalue weighted by Gasteiger charge is 2.37. The van der Waals surface area contributed by atoms with Crippen LogP contribution in [0, 0.1) is 19.8 Å². The van der Waals surface area contributed by atoms with E-state index in [4.69, 9.17) is 5.73 Å². The molecule has 8 nitrogen and oxygen atoms in total. The number of fused-ring (bicyclic) bond motifs is 1. The number of nitrogens with zero attached hydrogens (tertiary/aromatic N) is 5. The number of benzene rings is 1. The molecular weight excluding hydrogens is 461 g/mol. The number of piperazine rings is 1. The molecule has 0 atom stereocenters. The minimum atomic E-state index is -4.83. The Labute approximate surface area is 200 Å². The van der Waals surface area contributed by atoms with E-state index in [2.05, 4.69) is 9.97 Å². The minimum absolute atomic E-state index is 0.0175. The van der Waals surface area contributed by atoms with Crippen molar-refractivity contribution < 1.29 is 18.0 Å². The zero-order chi connectivity index (χ0) is 25.7. The van der Waals surface area contributed by atoms with Crippen molar-refractivity contribution in [1.29, 1.82) is 0 Å². The minimum Gasteiger partial charge on any atom is -0.398 e. The molecule has 0 unspecified atom stereocenters. The zero-order valence-electron chi connectivity index (χ0n) is 20.0. The average Bonchev–Trinajstić information content (AvgIpc) is 2.81. The Hall–Kier alpha value is -3.63. The van der Waals surface area contributed by atoms with Gasteiger partial charge in [-0.15, -0.1) is 0 Å². The largest absolute Gasteiger partial charge is 0.431 e. The van der Waals surface area contributed by atoms with E-state index in [1.807, 2.05) is 13.8 Å². The highest BCUT2D eigenvalue weighted by Crippen LogP contribution is 2.35. The molecule has 11 heteroatoms. The molecular formula is C24H27F3N6O2. The first-order chi connectivity index (χ1) is 16.4. The van der Waals surface area contributed by atoms with Crippen LogP contribution in [0.15, 0.2) is 29.3 Å². The molecule has 3 heterocycles. The van der Waals surface area contributed by atoms with E-state index in [1.54, 1.807) is 35.8 Å². The molecule has 1 aromatic carbocycles. The number of aromatic nitrogens is 3. The molecule has 1 aliphatic rings. The maximum absolute atomic E-state index is 14.3. The molecule has 35 heavy (non-hydrogen) atoms. The highest BCUT2D eigenvalue weighted by molar-refractivity contribution is 5.90. The molecule has 1 saturated heterocycles. The summed E-state index contributed by atoms with van der Waals surface area (Å²) >= 11 is 0. The molecule has 1 amide bonds. The Morgan fingerprint density at radius 2 is 1.74 bits per heavy atom. The van der Waals surface area contributed by atoms with Gasteiger partial charge in [0.1, 0.15) is 23.4 Å². The first-order valence-electron chi connectivity index (χ1n) is 11.3. The molecule has 1 fully saturated rings. The molecule has 0 saturated carbocycles. The Balaban J connectivity index is 1.89. The fraction of sp³-hybridized carbons (Fsp3) is 0.417. The van der Waals surface area contributed by atoms with Crippen molar-refractivity contribution in [2.45, 2.75) is 33.9 Å². The van der Waals surface area contributed by atoms with Gasteiger partial charge in [-0.2, -0.15) is 13.2 Å². The van der Waals surface area contributed by atoms with Crippen molar-refractivity contribution in [3.05, 3.63) is 51.7 Å². The Morgan fingerprint density at radius 1 is 1.09 bits per heavy atom. The number of hydrogen-bond donors (Lipinski definition) is 1. The topological polar surface area (TPSA) is 97.3 Å². The Bertz CT molecular complexity index is 1360. The lowest BCUT2D eigenvalue weighted by Gasteiger charge is -2.36. The van der Waals surface area contributed by atoms with Gasteiger partial charge in [0.25, 0.3) is 5.56 Å². The molecule has 0 bridgehead atoms. The van der Waals surface area contributed by atoms with Gasteiger partial charge in [0.05, 0.1) is 11.1 Å². The van der Waals surface area contributed by atoms with Gasteiger partial charge < -0.3 is 15.5 Å². The molecule has 4 rings (SSSR count). The van der Waals surface area contributed by atoms with Crippen molar-refractivity contribution in [2.75, 3.05) is 36.8 Å². The van der Waals surface area contributed by atoms with E-state index in [0.29, 0.717) is 41.9 Å². The van der Waals surface area contributed by atoms with Gasteiger partial charge in [0, 0.05) is 37.8 Å². The number of anilines is 2. The van der Waals surface area contributed by atoms with Crippen molar-refractivity contribution in [3.63, 3.8) is 0 Å². The highest BCUT2D eigenvalue weighted by atomic mass is 19.4. The molecule has 186 valence electrons. The number of aryl methyl sites for hydroxylation is 1. The standard InChI is InChI=1S/C24H27F3N6O2/c1-13(2)22(34)32-9-7-31(8-10-32)21-16-11-18(24(25,26)27)33(23(35)19(16)29-12-30-21)20-14(3)5-6-17(28)15(20)4/h5-6,11-13H,7-10,28H2,1-4H3. The second-order valence-electron chi connectivity index (χ2n) is 9.04. The first-order valence-corrected chi connectivity index (χ1v) is 11.3. The Morgan fingerprint density at radius 3 is 2.34 bits per heavy atom. The van der Waals surface area contributed by atoms with Gasteiger partial charge >= 0.3 is 6.18 Å². The van der Waals surface area contributed by atoms with Gasteiger partial charge in [-0.3, -0.25) is 14.2 Å². The molecule has 2 aromatic heterocycles. The summed E-state index contributed by atoms with van der Waals surface area (Å²) in [6.07, 6.45) is -3.65. The van der Waals surface area contributed by atoms with Crippen LogP contribution in [-0.4, -0.2) is 51.5 Å². The van der Waals surface area contributed by atoms with Crippen LogP contribution in [0.3, 0.4) is 0 Å². The van der Waals surface area contributed by atoms with E-state index < -0.39 is 17.4 Å². The van der Waals surface area contributed by atoms with Gasteiger partial charge in [0.2, 0.25) is 5.91 Å². The van der Waals surface area contributed by atoms with Gasteiger partial charge in [0.15, 0.2) is 0 Å². The lowest BCUT2D eigenvalue weighted by Crippen LogP contribution is -2.50. The van der Waals surface area contributed by atoms with Crippen LogP contribution in [0.2, 0.25) is 0 Å². The van der Waals surface area contributed by atoms with E-state index in [1.165, 1.54) is 6.33 Å². The lowest BCUT2D eigenvalue weighted by molar-refractivity contribution is -0.142. The van der Waals surface area contributed by atoms with E-state index in [9.17, 15) is 22.8 Å². The number of amides is 1. The van der Waals surface area contributed by atoms with Gasteiger partial charge in [-0.1, -0.05) is 19.9 Å².